The Morgan fingerprint density at radius 3 is 2.96 bits per heavy atom. The minimum Gasteiger partial charge on any atom is -0.344 e. The Balaban J connectivity index is 1.78. The molecule has 2 aromatic heterocycles. The van der Waals surface area contributed by atoms with Crippen LogP contribution in [-0.2, 0) is 11.3 Å². The molecule has 9 nitrogen and oxygen atoms in total. The third-order valence-electron chi connectivity index (χ3n) is 3.57. The zero-order valence-electron chi connectivity index (χ0n) is 12.6. The Bertz CT molecular complexity index is 850. The molecule has 0 aliphatic rings. The van der Waals surface area contributed by atoms with Gasteiger partial charge in [-0.2, -0.15) is 5.21 Å². The summed E-state index contributed by atoms with van der Waals surface area (Å²) in [5.74, 6) is 0.159. The molecule has 9 heteroatoms. The van der Waals surface area contributed by atoms with Crippen molar-refractivity contribution in [1.82, 2.24) is 35.5 Å². The number of nitrogens with one attached hydrogen (secondary N) is 3. The van der Waals surface area contributed by atoms with Crippen LogP contribution in [0.1, 0.15) is 31.6 Å². The van der Waals surface area contributed by atoms with Crippen molar-refractivity contribution in [3.05, 3.63) is 40.6 Å². The number of aromatic amines is 2. The highest BCUT2D eigenvalue weighted by atomic mass is 16.2. The Labute approximate surface area is 131 Å². The van der Waals surface area contributed by atoms with Gasteiger partial charge in [-0.1, -0.05) is 30.7 Å². The first-order valence-corrected chi connectivity index (χ1v) is 7.39. The van der Waals surface area contributed by atoms with Gasteiger partial charge in [0.15, 0.2) is 5.82 Å². The van der Waals surface area contributed by atoms with Gasteiger partial charge in [0.05, 0.1) is 17.1 Å². The topological polar surface area (TPSA) is 121 Å². The second-order valence-corrected chi connectivity index (χ2v) is 5.21. The smallest absolute Gasteiger partial charge is 0.326 e. The van der Waals surface area contributed by atoms with Crippen molar-refractivity contribution < 1.29 is 4.79 Å². The Morgan fingerprint density at radius 2 is 2.22 bits per heavy atom. The van der Waals surface area contributed by atoms with Crippen LogP contribution in [0.3, 0.4) is 0 Å². The normalized spacial score (nSPS) is 12.4. The average molecular weight is 315 g/mol. The molecule has 1 amide bonds. The fraction of sp³-hybridized carbons (Fsp3) is 0.357. The number of benzene rings is 1. The highest BCUT2D eigenvalue weighted by Gasteiger charge is 2.19. The summed E-state index contributed by atoms with van der Waals surface area (Å²) in [5, 5.41) is 16.6. The van der Waals surface area contributed by atoms with E-state index in [1.165, 1.54) is 4.57 Å². The van der Waals surface area contributed by atoms with E-state index in [0.717, 1.165) is 6.42 Å². The van der Waals surface area contributed by atoms with Gasteiger partial charge in [-0.05, 0) is 18.6 Å². The van der Waals surface area contributed by atoms with Gasteiger partial charge in [0, 0.05) is 0 Å². The third kappa shape index (κ3) is 3.12. The predicted molar refractivity (Wildman–Crippen MR) is 82.5 cm³/mol. The van der Waals surface area contributed by atoms with Gasteiger partial charge in [0.1, 0.15) is 6.54 Å². The first-order valence-electron chi connectivity index (χ1n) is 7.39. The monoisotopic (exact) mass is 315 g/mol. The summed E-state index contributed by atoms with van der Waals surface area (Å²) in [6.07, 6.45) is 1.54. The number of carbonyl (C=O) groups is 1. The van der Waals surface area contributed by atoms with Gasteiger partial charge in [0.2, 0.25) is 5.91 Å². The van der Waals surface area contributed by atoms with E-state index in [4.69, 9.17) is 0 Å². The highest BCUT2D eigenvalue weighted by molar-refractivity contribution is 5.80. The second-order valence-electron chi connectivity index (χ2n) is 5.21. The third-order valence-corrected chi connectivity index (χ3v) is 3.57. The summed E-state index contributed by atoms with van der Waals surface area (Å²) >= 11 is 0. The summed E-state index contributed by atoms with van der Waals surface area (Å²) < 4.78 is 1.41. The number of aromatic nitrogens is 6. The van der Waals surface area contributed by atoms with E-state index in [1.807, 2.05) is 19.1 Å². The maximum Gasteiger partial charge on any atom is 0.326 e. The molecule has 0 saturated heterocycles. The zero-order valence-corrected chi connectivity index (χ0v) is 12.6. The lowest BCUT2D eigenvalue weighted by Crippen LogP contribution is -2.34. The van der Waals surface area contributed by atoms with Gasteiger partial charge in [-0.3, -0.25) is 9.36 Å². The maximum atomic E-state index is 12.3. The van der Waals surface area contributed by atoms with Crippen LogP contribution in [0.15, 0.2) is 29.1 Å². The van der Waals surface area contributed by atoms with Crippen molar-refractivity contribution in [3.8, 4) is 0 Å². The van der Waals surface area contributed by atoms with Crippen LogP contribution in [0.25, 0.3) is 11.0 Å². The van der Waals surface area contributed by atoms with E-state index in [-0.39, 0.29) is 24.2 Å². The van der Waals surface area contributed by atoms with E-state index >= 15 is 0 Å². The molecule has 3 N–H and O–H groups in total. The van der Waals surface area contributed by atoms with Crippen molar-refractivity contribution in [2.75, 3.05) is 0 Å². The summed E-state index contributed by atoms with van der Waals surface area (Å²) in [7, 11) is 0. The molecule has 2 heterocycles. The first kappa shape index (κ1) is 14.9. The number of amides is 1. The van der Waals surface area contributed by atoms with Crippen molar-refractivity contribution in [1.29, 1.82) is 0 Å². The van der Waals surface area contributed by atoms with E-state index in [0.29, 0.717) is 23.3 Å². The molecule has 0 unspecified atom stereocenters. The van der Waals surface area contributed by atoms with E-state index in [2.05, 4.69) is 30.9 Å². The molecule has 23 heavy (non-hydrogen) atoms. The van der Waals surface area contributed by atoms with Crippen molar-refractivity contribution in [2.24, 2.45) is 0 Å². The first-order chi connectivity index (χ1) is 11.2. The van der Waals surface area contributed by atoms with Crippen LogP contribution in [0.5, 0.6) is 0 Å². The number of hydrogen-bond donors (Lipinski definition) is 3. The zero-order chi connectivity index (χ0) is 16.2. The summed E-state index contributed by atoms with van der Waals surface area (Å²) in [6, 6.07) is 6.92. The van der Waals surface area contributed by atoms with E-state index in [1.54, 1.807) is 12.1 Å². The standard InChI is InChI=1S/C14H17N7O2/c1-2-5-10(13-17-19-20-18-13)15-12(22)8-21-11-7-4-3-6-9(11)16-14(21)23/h3-4,6-7,10H,2,5,8H2,1H3,(H,15,22)(H,16,23)(H,17,18,19,20)/t10-/m0/s1. The molecule has 1 atom stereocenters. The molecule has 3 aromatic rings. The minimum atomic E-state index is -0.327. The Hall–Kier alpha value is -2.97. The molecular formula is C14H17N7O2. The average Bonchev–Trinajstić information content (AvgIpc) is 3.16. The number of rotatable bonds is 6. The fourth-order valence-electron chi connectivity index (χ4n) is 2.52. The van der Waals surface area contributed by atoms with Crippen LogP contribution in [0, 0.1) is 0 Å². The highest BCUT2D eigenvalue weighted by Crippen LogP contribution is 2.13. The number of hydrogen-bond acceptors (Lipinski definition) is 5. The Morgan fingerprint density at radius 1 is 1.39 bits per heavy atom. The van der Waals surface area contributed by atoms with Crippen LogP contribution in [0.2, 0.25) is 0 Å². The molecule has 0 fully saturated rings. The molecule has 1 aromatic carbocycles. The van der Waals surface area contributed by atoms with Crippen molar-refractivity contribution in [2.45, 2.75) is 32.4 Å². The molecule has 0 radical (unpaired) electrons. The van der Waals surface area contributed by atoms with Crippen molar-refractivity contribution in [3.63, 3.8) is 0 Å². The summed E-state index contributed by atoms with van der Waals surface area (Å²) in [4.78, 5) is 27.0. The van der Waals surface area contributed by atoms with Gasteiger partial charge < -0.3 is 10.3 Å². The number of para-hydroxylation sites is 2. The lowest BCUT2D eigenvalue weighted by molar-refractivity contribution is -0.122. The molecule has 0 aliphatic heterocycles. The van der Waals surface area contributed by atoms with Gasteiger partial charge in [-0.25, -0.2) is 4.79 Å². The number of fused-ring (bicyclic) bond motifs is 1. The number of nitrogens with zero attached hydrogens (tertiary/aromatic N) is 4. The second kappa shape index (κ2) is 6.42. The quantitative estimate of drug-likeness (QED) is 0.611. The molecule has 0 spiro atoms. The number of carbonyl (C=O) groups excluding carboxylic acids is 1. The molecule has 0 bridgehead atoms. The van der Waals surface area contributed by atoms with Gasteiger partial charge in [0.25, 0.3) is 0 Å². The number of tetrazole rings is 1. The van der Waals surface area contributed by atoms with E-state index in [9.17, 15) is 9.59 Å². The van der Waals surface area contributed by atoms with E-state index < -0.39 is 0 Å². The molecule has 0 aliphatic carbocycles. The Kier molecular flexibility index (Phi) is 4.18. The molecular weight excluding hydrogens is 298 g/mol. The number of imidazole rings is 1. The van der Waals surface area contributed by atoms with Gasteiger partial charge in [-0.15, -0.1) is 10.2 Å². The van der Waals surface area contributed by atoms with Crippen LogP contribution >= 0.6 is 0 Å². The SMILES string of the molecule is CCC[C@H](NC(=O)Cn1c(=O)[nH]c2ccccc21)c1nn[nH]n1. The lowest BCUT2D eigenvalue weighted by Gasteiger charge is -2.14. The minimum absolute atomic E-state index is 0.0685. The number of H-pyrrole nitrogens is 2. The molecule has 3 rings (SSSR count). The van der Waals surface area contributed by atoms with Crippen LogP contribution in [0.4, 0.5) is 0 Å². The molecule has 120 valence electrons. The van der Waals surface area contributed by atoms with Crippen LogP contribution in [-0.4, -0.2) is 36.1 Å². The largest absolute Gasteiger partial charge is 0.344 e. The lowest BCUT2D eigenvalue weighted by atomic mass is 10.1. The van der Waals surface area contributed by atoms with Crippen LogP contribution < -0.4 is 11.0 Å². The summed E-state index contributed by atoms with van der Waals surface area (Å²) in [5.41, 5.74) is 1.08. The van der Waals surface area contributed by atoms with Crippen molar-refractivity contribution >= 4 is 16.9 Å². The van der Waals surface area contributed by atoms with Gasteiger partial charge >= 0.3 is 5.69 Å². The fourth-order valence-corrected chi connectivity index (χ4v) is 2.52. The predicted octanol–water partition coefficient (Wildman–Crippen LogP) is 0.500. The maximum absolute atomic E-state index is 12.3. The molecule has 0 saturated carbocycles. The summed E-state index contributed by atoms with van der Waals surface area (Å²) in [6.45, 7) is 1.93.